The number of carbonyl (C=O) groups excluding carboxylic acids is 1. The summed E-state index contributed by atoms with van der Waals surface area (Å²) in [5.74, 6) is -0.209. The van der Waals surface area contributed by atoms with E-state index < -0.39 is 21.8 Å². The first kappa shape index (κ1) is 23.6. The first-order valence-corrected chi connectivity index (χ1v) is 12.5. The van der Waals surface area contributed by atoms with Gasteiger partial charge in [0.1, 0.15) is 0 Å². The highest BCUT2D eigenvalue weighted by Crippen LogP contribution is 2.30. The molecule has 0 radical (unpaired) electrons. The molecule has 3 rings (SSSR count). The number of rotatable bonds is 6. The van der Waals surface area contributed by atoms with E-state index in [0.717, 1.165) is 31.4 Å². The van der Waals surface area contributed by atoms with Crippen LogP contribution in [-0.2, 0) is 22.7 Å². The van der Waals surface area contributed by atoms with Gasteiger partial charge < -0.3 is 4.90 Å². The van der Waals surface area contributed by atoms with E-state index in [2.05, 4.69) is 4.72 Å². The fraction of sp³-hybridized carbons (Fsp3) is 0.381. The summed E-state index contributed by atoms with van der Waals surface area (Å²) in [5.41, 5.74) is -0.344. The molecule has 1 heterocycles. The van der Waals surface area contributed by atoms with Crippen LogP contribution in [0.3, 0.4) is 0 Å². The number of hydrogen-bond acceptors (Lipinski definition) is 4. The highest BCUT2D eigenvalue weighted by Gasteiger charge is 2.30. The van der Waals surface area contributed by atoms with Crippen molar-refractivity contribution in [3.63, 3.8) is 0 Å². The predicted octanol–water partition coefficient (Wildman–Crippen LogP) is 4.53. The molecular formula is C21H23F3N2O3S2. The average molecular weight is 473 g/mol. The number of amides is 1. The number of alkyl halides is 3. The molecule has 1 N–H and O–H groups in total. The van der Waals surface area contributed by atoms with Gasteiger partial charge in [0.05, 0.1) is 16.0 Å². The minimum Gasteiger partial charge on any atom is -0.339 e. The van der Waals surface area contributed by atoms with E-state index in [4.69, 9.17) is 0 Å². The number of likely N-dealkylation sites (tertiary alicyclic amines) is 1. The Morgan fingerprint density at radius 3 is 2.45 bits per heavy atom. The number of thioether (sulfide) groups is 1. The molecule has 2 aromatic carbocycles. The first-order chi connectivity index (χ1) is 14.6. The third-order valence-electron chi connectivity index (χ3n) is 5.08. The minimum atomic E-state index is -4.51. The third-order valence-corrected chi connectivity index (χ3v) is 7.27. The number of carbonyl (C=O) groups is 1. The standard InChI is InChI=1S/C21H23F3N2O3S2/c1-30-19-9-8-17(13-18(19)20(27)26-10-3-2-4-11-26)31(28,29)25-14-15-6-5-7-16(12-15)21(22,23)24/h5-9,12-13,25H,2-4,10-11,14H2,1H3. The molecule has 168 valence electrons. The van der Waals surface area contributed by atoms with Crippen LogP contribution in [-0.4, -0.2) is 38.6 Å². The third kappa shape index (κ3) is 5.81. The Hall–Kier alpha value is -2.04. The van der Waals surface area contributed by atoms with Crippen molar-refractivity contribution in [2.24, 2.45) is 0 Å². The van der Waals surface area contributed by atoms with Crippen LogP contribution >= 0.6 is 11.8 Å². The lowest BCUT2D eigenvalue weighted by Crippen LogP contribution is -2.36. The number of piperidine rings is 1. The van der Waals surface area contributed by atoms with E-state index >= 15 is 0 Å². The lowest BCUT2D eigenvalue weighted by Gasteiger charge is -2.27. The maximum Gasteiger partial charge on any atom is 0.416 e. The van der Waals surface area contributed by atoms with Crippen LogP contribution in [0, 0.1) is 0 Å². The second-order valence-corrected chi connectivity index (χ2v) is 9.85. The topological polar surface area (TPSA) is 66.5 Å². The summed E-state index contributed by atoms with van der Waals surface area (Å²) in [6, 6.07) is 8.81. The van der Waals surface area contributed by atoms with Gasteiger partial charge in [0.25, 0.3) is 5.91 Å². The van der Waals surface area contributed by atoms with E-state index in [0.29, 0.717) is 23.5 Å². The van der Waals surface area contributed by atoms with Gasteiger partial charge in [-0.2, -0.15) is 13.2 Å². The zero-order valence-electron chi connectivity index (χ0n) is 16.9. The molecule has 0 aromatic heterocycles. The summed E-state index contributed by atoms with van der Waals surface area (Å²) in [5, 5.41) is 0. The molecule has 31 heavy (non-hydrogen) atoms. The van der Waals surface area contributed by atoms with Gasteiger partial charge in [-0.25, -0.2) is 13.1 Å². The second-order valence-electron chi connectivity index (χ2n) is 7.24. The molecule has 0 spiro atoms. The Bertz CT molecular complexity index is 1050. The smallest absolute Gasteiger partial charge is 0.339 e. The molecule has 1 amide bonds. The van der Waals surface area contributed by atoms with Crippen molar-refractivity contribution in [2.75, 3.05) is 19.3 Å². The van der Waals surface area contributed by atoms with Crippen molar-refractivity contribution in [2.45, 2.75) is 41.8 Å². The highest BCUT2D eigenvalue weighted by molar-refractivity contribution is 7.98. The van der Waals surface area contributed by atoms with E-state index in [9.17, 15) is 26.4 Å². The summed E-state index contributed by atoms with van der Waals surface area (Å²) in [4.78, 5) is 15.3. The van der Waals surface area contributed by atoms with Crippen LogP contribution in [0.15, 0.2) is 52.3 Å². The van der Waals surface area contributed by atoms with E-state index in [1.165, 1.54) is 36.0 Å². The summed E-state index contributed by atoms with van der Waals surface area (Å²) in [6.45, 7) is 0.973. The zero-order chi connectivity index (χ0) is 22.6. The van der Waals surface area contributed by atoms with E-state index in [-0.39, 0.29) is 22.9 Å². The number of halogens is 3. The van der Waals surface area contributed by atoms with Crippen LogP contribution in [0.2, 0.25) is 0 Å². The Morgan fingerprint density at radius 2 is 1.81 bits per heavy atom. The maximum atomic E-state index is 13.0. The molecule has 0 aliphatic carbocycles. The molecule has 0 unspecified atom stereocenters. The molecule has 0 atom stereocenters. The van der Waals surface area contributed by atoms with Crippen LogP contribution in [0.4, 0.5) is 13.2 Å². The minimum absolute atomic E-state index is 0.0994. The Labute approximate surface area is 184 Å². The molecule has 1 fully saturated rings. The Balaban J connectivity index is 1.82. The van der Waals surface area contributed by atoms with Crippen LogP contribution < -0.4 is 4.72 Å². The van der Waals surface area contributed by atoms with Crippen molar-refractivity contribution in [3.05, 3.63) is 59.2 Å². The average Bonchev–Trinajstić information content (AvgIpc) is 2.77. The van der Waals surface area contributed by atoms with Crippen LogP contribution in [0.1, 0.15) is 40.7 Å². The zero-order valence-corrected chi connectivity index (χ0v) is 18.5. The predicted molar refractivity (Wildman–Crippen MR) is 113 cm³/mol. The summed E-state index contributed by atoms with van der Waals surface area (Å²) >= 11 is 1.35. The van der Waals surface area contributed by atoms with Crippen molar-refractivity contribution in [3.8, 4) is 0 Å². The van der Waals surface area contributed by atoms with Gasteiger partial charge in [-0.05, 0) is 55.3 Å². The molecule has 5 nitrogen and oxygen atoms in total. The van der Waals surface area contributed by atoms with Gasteiger partial charge >= 0.3 is 6.18 Å². The summed E-state index contributed by atoms with van der Waals surface area (Å²) < 4.78 is 66.5. The number of nitrogens with zero attached hydrogens (tertiary/aromatic N) is 1. The molecule has 0 bridgehead atoms. The molecule has 1 aliphatic rings. The Morgan fingerprint density at radius 1 is 1.10 bits per heavy atom. The van der Waals surface area contributed by atoms with E-state index in [1.54, 1.807) is 11.0 Å². The van der Waals surface area contributed by atoms with Gasteiger partial charge in [0, 0.05) is 24.5 Å². The normalized spacial score (nSPS) is 15.2. The fourth-order valence-electron chi connectivity index (χ4n) is 3.41. The van der Waals surface area contributed by atoms with Gasteiger partial charge in [-0.1, -0.05) is 18.2 Å². The lowest BCUT2D eigenvalue weighted by atomic mass is 10.1. The van der Waals surface area contributed by atoms with Crippen molar-refractivity contribution in [1.29, 1.82) is 0 Å². The summed E-state index contributed by atoms with van der Waals surface area (Å²) in [6.07, 6.45) is 0.190. The van der Waals surface area contributed by atoms with Crippen LogP contribution in [0.5, 0.6) is 0 Å². The quantitative estimate of drug-likeness (QED) is 0.628. The van der Waals surface area contributed by atoms with Crippen molar-refractivity contribution >= 4 is 27.7 Å². The number of nitrogens with one attached hydrogen (secondary N) is 1. The molecule has 1 aliphatic heterocycles. The van der Waals surface area contributed by atoms with Gasteiger partial charge in [-0.3, -0.25) is 4.79 Å². The molecule has 10 heteroatoms. The van der Waals surface area contributed by atoms with Crippen LogP contribution in [0.25, 0.3) is 0 Å². The first-order valence-electron chi connectivity index (χ1n) is 9.75. The van der Waals surface area contributed by atoms with Gasteiger partial charge in [0.2, 0.25) is 10.0 Å². The maximum absolute atomic E-state index is 13.0. The number of sulfonamides is 1. The molecule has 1 saturated heterocycles. The monoisotopic (exact) mass is 472 g/mol. The molecule has 0 saturated carbocycles. The van der Waals surface area contributed by atoms with E-state index in [1.807, 2.05) is 6.26 Å². The largest absolute Gasteiger partial charge is 0.416 e. The highest BCUT2D eigenvalue weighted by atomic mass is 32.2. The van der Waals surface area contributed by atoms with Gasteiger partial charge in [0.15, 0.2) is 0 Å². The number of hydrogen-bond donors (Lipinski definition) is 1. The molecule has 2 aromatic rings. The SMILES string of the molecule is CSc1ccc(S(=O)(=O)NCc2cccc(C(F)(F)F)c2)cc1C(=O)N1CCCCC1. The van der Waals surface area contributed by atoms with Crippen molar-refractivity contribution < 1.29 is 26.4 Å². The molecular weight excluding hydrogens is 449 g/mol. The second kappa shape index (κ2) is 9.62. The lowest BCUT2D eigenvalue weighted by molar-refractivity contribution is -0.137. The van der Waals surface area contributed by atoms with Crippen molar-refractivity contribution in [1.82, 2.24) is 9.62 Å². The fourth-order valence-corrected chi connectivity index (χ4v) is 5.02. The van der Waals surface area contributed by atoms with Gasteiger partial charge in [-0.15, -0.1) is 11.8 Å². The summed E-state index contributed by atoms with van der Waals surface area (Å²) in [7, 11) is -4.03. The Kier molecular flexibility index (Phi) is 7.33. The number of benzene rings is 2.